The standard InChI is InChI=1S/C19H15Cl2NO3/c1-2-24-16-9-4-3-8-14(16)22-19(23)17-11-10-15(25-17)12-6-5-7-13(20)18(12)21/h3-11H,2H2,1H3,(H,22,23). The normalized spacial score (nSPS) is 10.5. The monoisotopic (exact) mass is 375 g/mol. The molecule has 25 heavy (non-hydrogen) atoms. The molecule has 0 saturated heterocycles. The van der Waals surface area contributed by atoms with Crippen molar-refractivity contribution in [2.75, 3.05) is 11.9 Å². The average Bonchev–Trinajstić information content (AvgIpc) is 3.09. The molecule has 0 atom stereocenters. The van der Waals surface area contributed by atoms with Gasteiger partial charge in [-0.2, -0.15) is 0 Å². The molecule has 3 aromatic rings. The van der Waals surface area contributed by atoms with Gasteiger partial charge in [0.1, 0.15) is 11.5 Å². The number of hydrogen-bond acceptors (Lipinski definition) is 3. The molecule has 4 nitrogen and oxygen atoms in total. The molecule has 1 amide bonds. The first-order valence-electron chi connectivity index (χ1n) is 7.67. The van der Waals surface area contributed by atoms with Gasteiger partial charge in [-0.1, -0.05) is 41.4 Å². The predicted molar refractivity (Wildman–Crippen MR) is 99.7 cm³/mol. The Labute approximate surface area is 155 Å². The van der Waals surface area contributed by atoms with Crippen molar-refractivity contribution in [1.29, 1.82) is 0 Å². The number of ether oxygens (including phenoxy) is 1. The SMILES string of the molecule is CCOc1ccccc1NC(=O)c1ccc(-c2cccc(Cl)c2Cl)o1. The summed E-state index contributed by atoms with van der Waals surface area (Å²) < 4.78 is 11.1. The van der Waals surface area contributed by atoms with Crippen molar-refractivity contribution < 1.29 is 13.9 Å². The molecule has 0 spiro atoms. The van der Waals surface area contributed by atoms with Crippen molar-refractivity contribution in [2.45, 2.75) is 6.92 Å². The van der Waals surface area contributed by atoms with Gasteiger partial charge in [0.25, 0.3) is 5.91 Å². The summed E-state index contributed by atoms with van der Waals surface area (Å²) in [6.07, 6.45) is 0. The van der Waals surface area contributed by atoms with Crippen LogP contribution in [0.25, 0.3) is 11.3 Å². The Kier molecular flexibility index (Phi) is 5.31. The Morgan fingerprint density at radius 3 is 2.68 bits per heavy atom. The van der Waals surface area contributed by atoms with E-state index in [-0.39, 0.29) is 11.7 Å². The van der Waals surface area contributed by atoms with E-state index < -0.39 is 0 Å². The van der Waals surface area contributed by atoms with Crippen LogP contribution in [0.2, 0.25) is 10.0 Å². The zero-order valence-electron chi connectivity index (χ0n) is 13.4. The molecular formula is C19H15Cl2NO3. The molecule has 0 aliphatic rings. The Morgan fingerprint density at radius 1 is 1.08 bits per heavy atom. The second kappa shape index (κ2) is 7.64. The highest BCUT2D eigenvalue weighted by atomic mass is 35.5. The molecule has 1 heterocycles. The van der Waals surface area contributed by atoms with Gasteiger partial charge >= 0.3 is 0 Å². The van der Waals surface area contributed by atoms with Crippen LogP contribution >= 0.6 is 23.2 Å². The lowest BCUT2D eigenvalue weighted by Crippen LogP contribution is -2.12. The van der Waals surface area contributed by atoms with Gasteiger partial charge in [0.05, 0.1) is 22.3 Å². The largest absolute Gasteiger partial charge is 0.492 e. The van der Waals surface area contributed by atoms with Crippen molar-refractivity contribution in [3.05, 3.63) is 70.4 Å². The van der Waals surface area contributed by atoms with Gasteiger partial charge in [-0.3, -0.25) is 4.79 Å². The fraction of sp³-hybridized carbons (Fsp3) is 0.105. The smallest absolute Gasteiger partial charge is 0.291 e. The van der Waals surface area contributed by atoms with Crippen molar-refractivity contribution in [3.63, 3.8) is 0 Å². The van der Waals surface area contributed by atoms with Gasteiger partial charge < -0.3 is 14.5 Å². The van der Waals surface area contributed by atoms with Crippen molar-refractivity contribution in [2.24, 2.45) is 0 Å². The van der Waals surface area contributed by atoms with E-state index in [1.165, 1.54) is 0 Å². The number of furan rings is 1. The van der Waals surface area contributed by atoms with E-state index in [0.29, 0.717) is 39.4 Å². The van der Waals surface area contributed by atoms with E-state index >= 15 is 0 Å². The third-order valence-electron chi connectivity index (χ3n) is 3.48. The molecule has 0 radical (unpaired) electrons. The van der Waals surface area contributed by atoms with Crippen LogP contribution in [0.15, 0.2) is 59.0 Å². The van der Waals surface area contributed by atoms with E-state index in [4.69, 9.17) is 32.4 Å². The lowest BCUT2D eigenvalue weighted by molar-refractivity contribution is 0.0997. The minimum atomic E-state index is -0.378. The molecule has 0 fully saturated rings. The van der Waals surface area contributed by atoms with Crippen LogP contribution in [0.5, 0.6) is 5.75 Å². The molecular weight excluding hydrogens is 361 g/mol. The quantitative estimate of drug-likeness (QED) is 0.603. The van der Waals surface area contributed by atoms with E-state index in [0.717, 1.165) is 0 Å². The van der Waals surface area contributed by atoms with Crippen molar-refractivity contribution in [3.8, 4) is 17.1 Å². The number of carbonyl (C=O) groups is 1. The summed E-state index contributed by atoms with van der Waals surface area (Å²) in [5, 5.41) is 3.59. The highest BCUT2D eigenvalue weighted by Crippen LogP contribution is 2.34. The predicted octanol–water partition coefficient (Wildman–Crippen LogP) is 5.90. The lowest BCUT2D eigenvalue weighted by Gasteiger charge is -2.10. The van der Waals surface area contributed by atoms with Gasteiger partial charge in [-0.25, -0.2) is 0 Å². The fourth-order valence-electron chi connectivity index (χ4n) is 2.33. The number of nitrogens with one attached hydrogen (secondary N) is 1. The zero-order chi connectivity index (χ0) is 17.8. The Morgan fingerprint density at radius 2 is 1.88 bits per heavy atom. The molecule has 128 valence electrons. The summed E-state index contributed by atoms with van der Waals surface area (Å²) in [4.78, 5) is 12.4. The highest BCUT2D eigenvalue weighted by Gasteiger charge is 2.16. The summed E-state index contributed by atoms with van der Waals surface area (Å²) in [6, 6.07) is 15.7. The number of benzene rings is 2. The Bertz CT molecular complexity index is 905. The third-order valence-corrected chi connectivity index (χ3v) is 4.30. The molecule has 3 rings (SSSR count). The fourth-order valence-corrected chi connectivity index (χ4v) is 2.73. The van der Waals surface area contributed by atoms with Crippen LogP contribution < -0.4 is 10.1 Å². The Hall–Kier alpha value is -2.43. The molecule has 2 aromatic carbocycles. The summed E-state index contributed by atoms with van der Waals surface area (Å²) in [7, 11) is 0. The molecule has 0 unspecified atom stereocenters. The highest BCUT2D eigenvalue weighted by molar-refractivity contribution is 6.43. The lowest BCUT2D eigenvalue weighted by atomic mass is 10.2. The summed E-state index contributed by atoms with van der Waals surface area (Å²) in [6.45, 7) is 2.39. The molecule has 0 saturated carbocycles. The topological polar surface area (TPSA) is 51.5 Å². The second-order valence-corrected chi connectivity index (χ2v) is 5.93. The maximum absolute atomic E-state index is 12.4. The van der Waals surface area contributed by atoms with Crippen LogP contribution in [0.3, 0.4) is 0 Å². The van der Waals surface area contributed by atoms with Crippen LogP contribution in [0.4, 0.5) is 5.69 Å². The summed E-state index contributed by atoms with van der Waals surface area (Å²) in [5.74, 6) is 0.854. The molecule has 1 aromatic heterocycles. The minimum Gasteiger partial charge on any atom is -0.492 e. The minimum absolute atomic E-state index is 0.164. The van der Waals surface area contributed by atoms with E-state index in [9.17, 15) is 4.79 Å². The number of carbonyl (C=O) groups excluding carboxylic acids is 1. The van der Waals surface area contributed by atoms with Crippen LogP contribution in [0.1, 0.15) is 17.5 Å². The number of hydrogen-bond donors (Lipinski definition) is 1. The number of amides is 1. The summed E-state index contributed by atoms with van der Waals surface area (Å²) >= 11 is 12.2. The van der Waals surface area contributed by atoms with Gasteiger partial charge in [-0.15, -0.1) is 0 Å². The number of anilines is 1. The summed E-state index contributed by atoms with van der Waals surface area (Å²) in [5.41, 5.74) is 1.20. The van der Waals surface area contributed by atoms with Crippen molar-refractivity contribution in [1.82, 2.24) is 0 Å². The van der Waals surface area contributed by atoms with E-state index in [1.54, 1.807) is 42.5 Å². The maximum Gasteiger partial charge on any atom is 0.291 e. The number of halogens is 2. The molecule has 6 heteroatoms. The average molecular weight is 376 g/mol. The zero-order valence-corrected chi connectivity index (χ0v) is 14.9. The first-order chi connectivity index (χ1) is 12.1. The van der Waals surface area contributed by atoms with Gasteiger partial charge in [-0.05, 0) is 43.3 Å². The van der Waals surface area contributed by atoms with Gasteiger partial charge in [0.15, 0.2) is 5.76 Å². The van der Waals surface area contributed by atoms with Crippen LogP contribution in [-0.2, 0) is 0 Å². The molecule has 0 bridgehead atoms. The Balaban J connectivity index is 1.83. The van der Waals surface area contributed by atoms with E-state index in [1.807, 2.05) is 19.1 Å². The van der Waals surface area contributed by atoms with Gasteiger partial charge in [0, 0.05) is 5.56 Å². The van der Waals surface area contributed by atoms with Crippen LogP contribution in [-0.4, -0.2) is 12.5 Å². The van der Waals surface area contributed by atoms with E-state index in [2.05, 4.69) is 5.32 Å². The molecule has 0 aliphatic carbocycles. The third kappa shape index (κ3) is 3.81. The number of para-hydroxylation sites is 2. The molecule has 0 aliphatic heterocycles. The first kappa shape index (κ1) is 17.4. The van der Waals surface area contributed by atoms with Crippen molar-refractivity contribution >= 4 is 34.8 Å². The van der Waals surface area contributed by atoms with Crippen LogP contribution in [0, 0.1) is 0 Å². The van der Waals surface area contributed by atoms with Gasteiger partial charge in [0.2, 0.25) is 0 Å². The second-order valence-electron chi connectivity index (χ2n) is 5.15. The number of rotatable bonds is 5. The maximum atomic E-state index is 12.4. The first-order valence-corrected chi connectivity index (χ1v) is 8.43. The molecule has 1 N–H and O–H groups in total.